The lowest BCUT2D eigenvalue weighted by atomic mass is 10.1. The van der Waals surface area contributed by atoms with Gasteiger partial charge in [-0.25, -0.2) is 13.4 Å². The van der Waals surface area contributed by atoms with E-state index in [2.05, 4.69) is 15.0 Å². The number of benzene rings is 2. The van der Waals surface area contributed by atoms with Gasteiger partial charge in [0.25, 0.3) is 0 Å². The van der Waals surface area contributed by atoms with E-state index in [1.807, 2.05) is 30.3 Å². The van der Waals surface area contributed by atoms with E-state index in [-0.39, 0.29) is 12.3 Å². The highest BCUT2D eigenvalue weighted by molar-refractivity contribution is 7.92. The molecule has 2 aromatic carbocycles. The van der Waals surface area contributed by atoms with Crippen LogP contribution in [0.2, 0.25) is 0 Å². The van der Waals surface area contributed by atoms with Crippen LogP contribution in [-0.4, -0.2) is 25.6 Å². The standard InChI is InChI=1S/C20H21N3O4S/c1-14(17-10-6-7-11-18(17)23-28(2,25)26)21-19(24)12-16-13-27-20(22-16)15-8-4-3-5-9-15/h3-11,13-14,23H,12H2,1-2H3,(H,21,24). The Hall–Kier alpha value is -3.13. The molecule has 0 fully saturated rings. The summed E-state index contributed by atoms with van der Waals surface area (Å²) in [5, 5.41) is 2.86. The van der Waals surface area contributed by atoms with Gasteiger partial charge in [0.1, 0.15) is 6.26 Å². The summed E-state index contributed by atoms with van der Waals surface area (Å²) < 4.78 is 31.0. The van der Waals surface area contributed by atoms with Crippen molar-refractivity contribution in [1.82, 2.24) is 10.3 Å². The van der Waals surface area contributed by atoms with Gasteiger partial charge in [0, 0.05) is 5.56 Å². The fourth-order valence-corrected chi connectivity index (χ4v) is 3.39. The summed E-state index contributed by atoms with van der Waals surface area (Å²) in [6, 6.07) is 16.0. The second-order valence-electron chi connectivity index (χ2n) is 6.44. The fraction of sp³-hybridized carbons (Fsp3) is 0.200. The van der Waals surface area contributed by atoms with Gasteiger partial charge in [0.15, 0.2) is 0 Å². The molecule has 0 aliphatic carbocycles. The first-order valence-electron chi connectivity index (χ1n) is 8.68. The minimum atomic E-state index is -3.42. The average Bonchev–Trinajstić information content (AvgIpc) is 3.09. The molecule has 0 aliphatic heterocycles. The number of hydrogen-bond acceptors (Lipinski definition) is 5. The molecular weight excluding hydrogens is 378 g/mol. The van der Waals surface area contributed by atoms with Crippen molar-refractivity contribution in [2.24, 2.45) is 0 Å². The third-order valence-corrected chi connectivity index (χ3v) is 4.61. The molecule has 0 bridgehead atoms. The Morgan fingerprint density at radius 1 is 1.11 bits per heavy atom. The van der Waals surface area contributed by atoms with Gasteiger partial charge < -0.3 is 9.73 Å². The van der Waals surface area contributed by atoms with E-state index >= 15 is 0 Å². The minimum absolute atomic E-state index is 0.0579. The molecule has 3 rings (SSSR count). The van der Waals surface area contributed by atoms with E-state index in [4.69, 9.17) is 4.42 Å². The molecule has 1 aromatic heterocycles. The van der Waals surface area contributed by atoms with Crippen molar-refractivity contribution >= 4 is 21.6 Å². The molecular formula is C20H21N3O4S. The van der Waals surface area contributed by atoms with Crippen molar-refractivity contribution in [2.75, 3.05) is 11.0 Å². The summed E-state index contributed by atoms with van der Waals surface area (Å²) >= 11 is 0. The monoisotopic (exact) mass is 399 g/mol. The van der Waals surface area contributed by atoms with Crippen molar-refractivity contribution in [3.05, 3.63) is 72.1 Å². The number of sulfonamides is 1. The fourth-order valence-electron chi connectivity index (χ4n) is 2.80. The Kier molecular flexibility index (Phi) is 5.79. The van der Waals surface area contributed by atoms with Crippen LogP contribution >= 0.6 is 0 Å². The van der Waals surface area contributed by atoms with Gasteiger partial charge in [-0.1, -0.05) is 36.4 Å². The number of anilines is 1. The second-order valence-corrected chi connectivity index (χ2v) is 8.19. The van der Waals surface area contributed by atoms with Crippen LogP contribution in [-0.2, 0) is 21.2 Å². The lowest BCUT2D eigenvalue weighted by molar-refractivity contribution is -0.121. The number of aromatic nitrogens is 1. The third-order valence-electron chi connectivity index (χ3n) is 4.01. The van der Waals surface area contributed by atoms with Crippen LogP contribution < -0.4 is 10.0 Å². The van der Waals surface area contributed by atoms with Crippen molar-refractivity contribution in [2.45, 2.75) is 19.4 Å². The van der Waals surface area contributed by atoms with Crippen molar-refractivity contribution < 1.29 is 17.6 Å². The summed E-state index contributed by atoms with van der Waals surface area (Å²) in [7, 11) is -3.42. The summed E-state index contributed by atoms with van der Waals surface area (Å²) in [6.45, 7) is 1.79. The van der Waals surface area contributed by atoms with Gasteiger partial charge in [-0.05, 0) is 30.7 Å². The maximum Gasteiger partial charge on any atom is 0.229 e. The number of carbonyl (C=O) groups excluding carboxylic acids is 1. The number of oxazole rings is 1. The molecule has 0 saturated carbocycles. The summed E-state index contributed by atoms with van der Waals surface area (Å²) in [4.78, 5) is 16.8. The van der Waals surface area contributed by atoms with Crippen LogP contribution in [0.5, 0.6) is 0 Å². The number of para-hydroxylation sites is 1. The van der Waals surface area contributed by atoms with Crippen molar-refractivity contribution in [3.8, 4) is 11.5 Å². The number of rotatable bonds is 7. The first-order chi connectivity index (χ1) is 13.3. The molecule has 0 radical (unpaired) electrons. The Bertz CT molecular complexity index is 1060. The van der Waals surface area contributed by atoms with Crippen LogP contribution in [0.15, 0.2) is 65.3 Å². The first kappa shape index (κ1) is 19.6. The highest BCUT2D eigenvalue weighted by atomic mass is 32.2. The smallest absolute Gasteiger partial charge is 0.229 e. The van der Waals surface area contributed by atoms with E-state index in [0.717, 1.165) is 11.8 Å². The maximum atomic E-state index is 12.4. The zero-order valence-electron chi connectivity index (χ0n) is 15.5. The van der Waals surface area contributed by atoms with Crippen LogP contribution in [0.1, 0.15) is 24.2 Å². The van der Waals surface area contributed by atoms with E-state index in [1.165, 1.54) is 6.26 Å². The van der Waals surface area contributed by atoms with Gasteiger partial charge in [0.2, 0.25) is 21.8 Å². The van der Waals surface area contributed by atoms with Crippen LogP contribution in [0.25, 0.3) is 11.5 Å². The van der Waals surface area contributed by atoms with Gasteiger partial charge in [-0.15, -0.1) is 0 Å². The molecule has 2 N–H and O–H groups in total. The zero-order chi connectivity index (χ0) is 20.1. The Balaban J connectivity index is 1.67. The van der Waals surface area contributed by atoms with Crippen LogP contribution in [0.4, 0.5) is 5.69 Å². The lowest BCUT2D eigenvalue weighted by Crippen LogP contribution is -2.29. The zero-order valence-corrected chi connectivity index (χ0v) is 16.4. The van der Waals surface area contributed by atoms with Gasteiger partial charge in [-0.2, -0.15) is 0 Å². The van der Waals surface area contributed by atoms with Crippen molar-refractivity contribution in [1.29, 1.82) is 0 Å². The Morgan fingerprint density at radius 2 is 1.79 bits per heavy atom. The number of hydrogen-bond donors (Lipinski definition) is 2. The van der Waals surface area contributed by atoms with Crippen molar-refractivity contribution in [3.63, 3.8) is 0 Å². The molecule has 7 nitrogen and oxygen atoms in total. The molecule has 1 atom stereocenters. The second kappa shape index (κ2) is 8.26. The largest absolute Gasteiger partial charge is 0.444 e. The maximum absolute atomic E-state index is 12.4. The minimum Gasteiger partial charge on any atom is -0.444 e. The molecule has 28 heavy (non-hydrogen) atoms. The molecule has 146 valence electrons. The molecule has 0 aliphatic rings. The molecule has 0 saturated heterocycles. The summed E-state index contributed by atoms with van der Waals surface area (Å²) in [5.74, 6) is 0.216. The summed E-state index contributed by atoms with van der Waals surface area (Å²) in [5.41, 5.74) is 2.46. The van der Waals surface area contributed by atoms with E-state index in [9.17, 15) is 13.2 Å². The number of carbonyl (C=O) groups is 1. The first-order valence-corrected chi connectivity index (χ1v) is 10.6. The topological polar surface area (TPSA) is 101 Å². The third kappa shape index (κ3) is 5.20. The lowest BCUT2D eigenvalue weighted by Gasteiger charge is -2.18. The quantitative estimate of drug-likeness (QED) is 0.636. The number of nitrogens with zero attached hydrogens (tertiary/aromatic N) is 1. The van der Waals surface area contributed by atoms with E-state index in [1.54, 1.807) is 31.2 Å². The molecule has 0 spiro atoms. The van der Waals surface area contributed by atoms with E-state index in [0.29, 0.717) is 22.8 Å². The van der Waals surface area contributed by atoms with Crippen LogP contribution in [0, 0.1) is 0 Å². The highest BCUT2D eigenvalue weighted by Crippen LogP contribution is 2.23. The number of amides is 1. The predicted octanol–water partition coefficient (Wildman–Crippen LogP) is 3.13. The SMILES string of the molecule is CC(NC(=O)Cc1coc(-c2ccccc2)n1)c1ccccc1NS(C)(=O)=O. The number of nitrogens with one attached hydrogen (secondary N) is 2. The highest BCUT2D eigenvalue weighted by Gasteiger charge is 2.16. The molecule has 1 unspecified atom stereocenters. The predicted molar refractivity (Wildman–Crippen MR) is 107 cm³/mol. The molecule has 3 aromatic rings. The molecule has 1 amide bonds. The van der Waals surface area contributed by atoms with Crippen LogP contribution in [0.3, 0.4) is 0 Å². The molecule has 8 heteroatoms. The Morgan fingerprint density at radius 3 is 2.50 bits per heavy atom. The average molecular weight is 399 g/mol. The van der Waals surface area contributed by atoms with Gasteiger partial charge >= 0.3 is 0 Å². The normalized spacial score (nSPS) is 12.4. The Labute approximate surface area is 163 Å². The molecule has 1 heterocycles. The van der Waals surface area contributed by atoms with E-state index < -0.39 is 16.1 Å². The summed E-state index contributed by atoms with van der Waals surface area (Å²) in [6.07, 6.45) is 2.61. The van der Waals surface area contributed by atoms with Gasteiger partial charge in [0.05, 0.1) is 30.1 Å². The van der Waals surface area contributed by atoms with Gasteiger partial charge in [-0.3, -0.25) is 9.52 Å².